The van der Waals surface area contributed by atoms with E-state index in [0.717, 1.165) is 22.6 Å². The molecule has 1 aromatic carbocycles. The van der Waals surface area contributed by atoms with Gasteiger partial charge >= 0.3 is 5.97 Å². The molecule has 27 heavy (non-hydrogen) atoms. The van der Waals surface area contributed by atoms with Crippen molar-refractivity contribution < 1.29 is 14.7 Å². The molecule has 1 aromatic heterocycles. The van der Waals surface area contributed by atoms with Crippen LogP contribution >= 0.6 is 34.5 Å². The molecule has 1 amide bonds. The molecule has 6 nitrogen and oxygen atoms in total. The Kier molecular flexibility index (Phi) is 7.47. The zero-order chi connectivity index (χ0) is 20.1. The summed E-state index contributed by atoms with van der Waals surface area (Å²) in [5.74, 6) is -1.10. The normalized spacial score (nSPS) is 11.0. The maximum absolute atomic E-state index is 11.4. The molecule has 0 aliphatic carbocycles. The van der Waals surface area contributed by atoms with Gasteiger partial charge in [0.15, 0.2) is 5.13 Å². The van der Waals surface area contributed by atoms with Gasteiger partial charge in [-0.3, -0.25) is 9.59 Å². The quantitative estimate of drug-likeness (QED) is 0.625. The highest BCUT2D eigenvalue weighted by molar-refractivity contribution is 7.16. The van der Waals surface area contributed by atoms with Crippen molar-refractivity contribution in [3.8, 4) is 11.3 Å². The number of anilines is 1. The Morgan fingerprint density at radius 2 is 2.00 bits per heavy atom. The van der Waals surface area contributed by atoms with E-state index in [1.165, 1.54) is 11.3 Å². The summed E-state index contributed by atoms with van der Waals surface area (Å²) in [7, 11) is 0. The summed E-state index contributed by atoms with van der Waals surface area (Å²) in [5, 5.41) is 10.4. The number of hydrogen-bond donors (Lipinski definition) is 2. The van der Waals surface area contributed by atoms with Crippen LogP contribution in [0.2, 0.25) is 10.0 Å². The zero-order valence-corrected chi connectivity index (χ0v) is 17.4. The number of carboxylic acids is 1. The van der Waals surface area contributed by atoms with Crippen molar-refractivity contribution in [2.45, 2.75) is 26.7 Å². The molecule has 0 radical (unpaired) electrons. The summed E-state index contributed by atoms with van der Waals surface area (Å²) < 4.78 is 0. The number of aliphatic carboxylic acids is 1. The van der Waals surface area contributed by atoms with Crippen molar-refractivity contribution >= 4 is 51.5 Å². The van der Waals surface area contributed by atoms with Gasteiger partial charge in [0.2, 0.25) is 5.91 Å². The second kappa shape index (κ2) is 9.39. The van der Waals surface area contributed by atoms with E-state index in [1.807, 2.05) is 6.07 Å². The Labute approximate surface area is 171 Å². The molecule has 2 rings (SSSR count). The van der Waals surface area contributed by atoms with E-state index in [4.69, 9.17) is 34.0 Å². The van der Waals surface area contributed by atoms with Crippen molar-refractivity contribution in [1.29, 1.82) is 0 Å². The first-order valence-corrected chi connectivity index (χ1v) is 9.94. The second-order valence-corrected chi connectivity index (χ2v) is 8.40. The van der Waals surface area contributed by atoms with Crippen LogP contribution in [-0.2, 0) is 16.0 Å². The smallest absolute Gasteiger partial charge is 0.305 e. The summed E-state index contributed by atoms with van der Waals surface area (Å²) in [6, 6.07) is 5.30. The van der Waals surface area contributed by atoms with E-state index in [0.29, 0.717) is 21.1 Å². The van der Waals surface area contributed by atoms with Gasteiger partial charge < -0.3 is 15.7 Å². The Balaban J connectivity index is 2.46. The van der Waals surface area contributed by atoms with Crippen molar-refractivity contribution in [2.75, 3.05) is 18.0 Å². The third kappa shape index (κ3) is 6.09. The van der Waals surface area contributed by atoms with E-state index in [9.17, 15) is 9.59 Å². The van der Waals surface area contributed by atoms with Crippen LogP contribution in [0.1, 0.15) is 25.1 Å². The van der Waals surface area contributed by atoms with E-state index in [-0.39, 0.29) is 19.5 Å². The predicted molar refractivity (Wildman–Crippen MR) is 110 cm³/mol. The lowest BCUT2D eigenvalue weighted by Gasteiger charge is -2.18. The number of amides is 1. The molecule has 3 N–H and O–H groups in total. The largest absolute Gasteiger partial charge is 0.481 e. The fourth-order valence-corrected chi connectivity index (χ4v) is 4.13. The van der Waals surface area contributed by atoms with Crippen LogP contribution in [0.25, 0.3) is 11.3 Å². The summed E-state index contributed by atoms with van der Waals surface area (Å²) in [4.78, 5) is 29.7. The monoisotopic (exact) mass is 429 g/mol. The number of hydrogen-bond acceptors (Lipinski definition) is 5. The maximum atomic E-state index is 11.4. The number of primary amides is 1. The molecule has 146 valence electrons. The first-order chi connectivity index (χ1) is 12.7. The van der Waals surface area contributed by atoms with Gasteiger partial charge in [0.1, 0.15) is 0 Å². The number of nitrogens with zero attached hydrogens (tertiary/aromatic N) is 2. The fourth-order valence-electron chi connectivity index (χ4n) is 2.51. The third-order valence-electron chi connectivity index (χ3n) is 3.69. The second-order valence-electron chi connectivity index (χ2n) is 6.53. The van der Waals surface area contributed by atoms with Gasteiger partial charge in [-0.1, -0.05) is 43.1 Å². The van der Waals surface area contributed by atoms with Gasteiger partial charge in [0, 0.05) is 17.0 Å². The Morgan fingerprint density at radius 3 is 2.56 bits per heavy atom. The van der Waals surface area contributed by atoms with Crippen LogP contribution in [0, 0.1) is 5.92 Å². The lowest BCUT2D eigenvalue weighted by molar-refractivity contribution is -0.136. The lowest BCUT2D eigenvalue weighted by Crippen LogP contribution is -2.35. The number of nitrogens with two attached hydrogens (primary N) is 1. The molecule has 0 unspecified atom stereocenters. The van der Waals surface area contributed by atoms with Crippen LogP contribution in [0.5, 0.6) is 0 Å². The summed E-state index contributed by atoms with van der Waals surface area (Å²) in [6.07, 6.45) is 0.672. The standard InChI is InChI=1S/C18H21Cl2N3O3S/c1-10(2)7-14-17(11-3-4-12(19)13(20)8-11)22-18(27-14)23(9-15(21)24)6-5-16(25)26/h3-4,8,10H,5-7,9H2,1-2H3,(H2,21,24)(H,25,26). The highest BCUT2D eigenvalue weighted by atomic mass is 35.5. The number of carbonyl (C=O) groups excluding carboxylic acids is 1. The molecule has 9 heteroatoms. The first-order valence-electron chi connectivity index (χ1n) is 8.37. The Morgan fingerprint density at radius 1 is 1.30 bits per heavy atom. The fraction of sp³-hybridized carbons (Fsp3) is 0.389. The number of carbonyl (C=O) groups is 2. The Bertz CT molecular complexity index is 839. The molecule has 0 fully saturated rings. The van der Waals surface area contributed by atoms with Gasteiger partial charge in [0.05, 0.1) is 28.7 Å². The molecule has 0 atom stereocenters. The topological polar surface area (TPSA) is 96.5 Å². The highest BCUT2D eigenvalue weighted by Gasteiger charge is 2.20. The molecule has 0 aliphatic rings. The minimum atomic E-state index is -0.951. The molecule has 0 saturated carbocycles. The molecular weight excluding hydrogens is 409 g/mol. The average Bonchev–Trinajstić information content (AvgIpc) is 2.96. The minimum absolute atomic E-state index is 0.0945. The number of aromatic nitrogens is 1. The van der Waals surface area contributed by atoms with Crippen molar-refractivity contribution in [3.05, 3.63) is 33.1 Å². The van der Waals surface area contributed by atoms with Gasteiger partial charge in [-0.15, -0.1) is 11.3 Å². The van der Waals surface area contributed by atoms with Gasteiger partial charge in [0.25, 0.3) is 0 Å². The summed E-state index contributed by atoms with van der Waals surface area (Å²) in [5.41, 5.74) is 6.90. The zero-order valence-electron chi connectivity index (χ0n) is 15.0. The first kappa shape index (κ1) is 21.5. The third-order valence-corrected chi connectivity index (χ3v) is 5.56. The van der Waals surface area contributed by atoms with Gasteiger partial charge in [-0.05, 0) is 24.5 Å². The SMILES string of the molecule is CC(C)Cc1sc(N(CCC(=O)O)CC(N)=O)nc1-c1ccc(Cl)c(Cl)c1. The Hall–Kier alpha value is -1.83. The van der Waals surface area contributed by atoms with Crippen LogP contribution in [0.3, 0.4) is 0 Å². The minimum Gasteiger partial charge on any atom is -0.481 e. The van der Waals surface area contributed by atoms with E-state index in [1.54, 1.807) is 17.0 Å². The highest BCUT2D eigenvalue weighted by Crippen LogP contribution is 2.37. The molecule has 0 aliphatic heterocycles. The van der Waals surface area contributed by atoms with Crippen molar-refractivity contribution in [2.24, 2.45) is 11.7 Å². The number of halogens is 2. The number of carboxylic acid groups (broad SMARTS) is 1. The maximum Gasteiger partial charge on any atom is 0.305 e. The van der Waals surface area contributed by atoms with Gasteiger partial charge in [-0.2, -0.15) is 0 Å². The van der Waals surface area contributed by atoms with Crippen molar-refractivity contribution in [1.82, 2.24) is 4.98 Å². The molecule has 2 aromatic rings. The number of thiazole rings is 1. The molecule has 0 spiro atoms. The van der Waals surface area contributed by atoms with Crippen molar-refractivity contribution in [3.63, 3.8) is 0 Å². The lowest BCUT2D eigenvalue weighted by atomic mass is 10.0. The van der Waals surface area contributed by atoms with Crippen LogP contribution in [0.4, 0.5) is 5.13 Å². The van der Waals surface area contributed by atoms with E-state index < -0.39 is 11.9 Å². The predicted octanol–water partition coefficient (Wildman–Crippen LogP) is 4.08. The van der Waals surface area contributed by atoms with E-state index in [2.05, 4.69) is 18.8 Å². The number of rotatable bonds is 9. The van der Waals surface area contributed by atoms with Crippen LogP contribution < -0.4 is 10.6 Å². The molecular formula is C18H21Cl2N3O3S. The average molecular weight is 430 g/mol. The summed E-state index contributed by atoms with van der Waals surface area (Å²) >= 11 is 13.6. The molecule has 0 saturated heterocycles. The van der Waals surface area contributed by atoms with Crippen LogP contribution in [-0.4, -0.2) is 35.1 Å². The molecule has 0 bridgehead atoms. The van der Waals surface area contributed by atoms with Crippen LogP contribution in [0.15, 0.2) is 18.2 Å². The van der Waals surface area contributed by atoms with E-state index >= 15 is 0 Å². The summed E-state index contributed by atoms with van der Waals surface area (Å²) in [6.45, 7) is 4.25. The van der Waals surface area contributed by atoms with Gasteiger partial charge in [-0.25, -0.2) is 4.98 Å². The molecule has 1 heterocycles. The number of benzene rings is 1.